The van der Waals surface area contributed by atoms with Gasteiger partial charge in [0.15, 0.2) is 0 Å². The maximum absolute atomic E-state index is 16.3. The fourth-order valence-corrected chi connectivity index (χ4v) is 18.8. The normalized spacial score (nSPS) is 23.8. The third-order valence-electron chi connectivity index (χ3n) is 25.7. The van der Waals surface area contributed by atoms with Gasteiger partial charge in [-0.15, -0.1) is 11.8 Å². The number of hydrogen-bond donors (Lipinski definition) is 18. The minimum absolute atomic E-state index is 0.0106. The number of H-pyrrole nitrogens is 1. The van der Waals surface area contributed by atoms with Crippen LogP contribution in [-0.4, -0.2) is 332 Å². The summed E-state index contributed by atoms with van der Waals surface area (Å²) in [6.07, 6.45) is 8.92. The third kappa shape index (κ3) is 31.8. The smallest absolute Gasteiger partial charge is 0.323 e. The van der Waals surface area contributed by atoms with Gasteiger partial charge < -0.3 is 125 Å². The molecule has 3 aliphatic rings. The Morgan fingerprint density at radius 2 is 1.10 bits per heavy atom. The van der Waals surface area contributed by atoms with Crippen molar-refractivity contribution >= 4 is 152 Å². The Hall–Kier alpha value is -14.9. The average Bonchev–Trinajstić information content (AvgIpc) is 1.46. The number of nitrogens with one attached hydrogen (secondary N) is 13. The zero-order valence-corrected chi connectivity index (χ0v) is 84.4. The molecule has 0 radical (unpaired) electrons. The number of thioether (sulfide) groups is 1. The summed E-state index contributed by atoms with van der Waals surface area (Å²) < 4.78 is 1.44. The molecule has 10 rings (SSSR count). The number of primary amides is 2. The summed E-state index contributed by atoms with van der Waals surface area (Å²) in [4.78, 5) is 292. The molecule has 0 saturated carbocycles. The molecule has 15 atom stereocenters. The first kappa shape index (κ1) is 113. The molecule has 0 aliphatic carbocycles. The second kappa shape index (κ2) is 54.1. The van der Waals surface area contributed by atoms with Crippen molar-refractivity contribution in [1.29, 1.82) is 0 Å². The number of aliphatic hydroxyl groups excluding tert-OH is 1. The zero-order valence-electron chi connectivity index (χ0n) is 83.6. The number of aliphatic carboxylic acids is 1. The number of aromatic amines is 1. The van der Waals surface area contributed by atoms with Gasteiger partial charge in [-0.3, -0.25) is 96.3 Å². The minimum atomic E-state index is -1.80. The van der Waals surface area contributed by atoms with Gasteiger partial charge in [0.05, 0.1) is 37.2 Å². The summed E-state index contributed by atoms with van der Waals surface area (Å²) in [5.74, 6) is -18.7. The van der Waals surface area contributed by atoms with Gasteiger partial charge in [-0.1, -0.05) is 116 Å². The van der Waals surface area contributed by atoms with Gasteiger partial charge in [-0.2, -0.15) is 0 Å². The SMILES string of the molecule is CCCC[C@H]1C(=O)N(C)[C@@H](CCCC)C(=O)N[C@@H](CC(C)C)C(=O)N[C@H](C(=O)NCC(N)=O)CSCC(=O)N[C@@H](Cc2ccc(O)cc2)C(=O)N(C)[C@@H](C)C(=O)N[C@@H](CC(N)=O)C(=O)N2CCC[C@H]2C(=O)N[C@@H](CNc2cnccn2)C(=O)N[C@@H](CC(C)C)C(=O)N2C[C@H](O)C[C@H]2C(=O)N[C@@H](Cc2c[nH]c3ccccc23)C(=O)N[C@@H](CCNc2cnccn2)C(=O)N[C@@H](Cc2cn(CC(=O)O)c3ccccc23)C(=O)N1C. The molecular weight excluding hydrogens is 1910 g/mol. The van der Waals surface area contributed by atoms with E-state index in [9.17, 15) is 48.9 Å². The molecule has 20 N–H and O–H groups in total. The molecule has 7 aromatic rings. The molecule has 3 aromatic carbocycles. The standard InChI is InChI=1S/C99H135N25O21S/c1-11-13-23-76-92(138)112-67(38-55(3)4)89(135)118-74(87(133)109-47-81(101)128)53-146-54-84(129)110-70(40-58-27-29-61(125)30-28-58)95(141)119(8)57(7)86(132)114-72(44-80(100)127)97(143)123-37-19-26-77(123)93(139)117-73(46-108-83-49-103-34-36-106-83)91(137)115-69(39-56(5)6)98(144)124-51-62(126)43-79(124)94(140)113-68(41-59-45-107-65-22-17-15-20-63(59)65)90(136)111-66(31-32-104-82-48-102-33-35-105-82)88(134)116-71(96(142)121(10)78(24-14-12-2)99(145)120(76)9)42-60-50-122(52-85(130)131)75-25-18-16-21-64(60)75/h15-18,20-22,25,27-30,33-36,45,48-50,55-57,62,66-74,76-79,107,125-126H,11-14,19,23-24,26,31-32,37-44,46-47,51-54H2,1-10H3,(H2,100,127)(H2,101,128)(H,104,105)(H,106,108)(H,109,133)(H,110,129)(H,111,136)(H,112,138)(H,113,140)(H,114,132)(H,115,137)(H,116,134)(H,117,139)(H,118,135)(H,130,131)/t57-,62+,66-,67-,68-,69-,70-,71-,72-,73-,74-,76-,77-,78-,79-/m0/s1. The lowest BCUT2D eigenvalue weighted by Gasteiger charge is -2.36. The van der Waals surface area contributed by atoms with Crippen molar-refractivity contribution in [3.8, 4) is 5.75 Å². The number of anilines is 2. The summed E-state index contributed by atoms with van der Waals surface area (Å²) in [6.45, 7) is 9.47. The number of unbranched alkanes of at least 4 members (excludes halogenated alkanes) is 2. The molecule has 46 nitrogen and oxygen atoms in total. The average molecular weight is 2040 g/mol. The van der Waals surface area contributed by atoms with Gasteiger partial charge in [0.25, 0.3) is 0 Å². The van der Waals surface area contributed by atoms with E-state index in [0.717, 1.165) is 31.4 Å². The number of phenolic OH excluding ortho intramolecular Hbond substituents is 1. The molecule has 3 fully saturated rings. The molecule has 146 heavy (non-hydrogen) atoms. The van der Waals surface area contributed by atoms with Crippen LogP contribution in [0.5, 0.6) is 5.75 Å². The lowest BCUT2D eigenvalue weighted by molar-refractivity contribution is -0.149. The number of hydrogen-bond acceptors (Lipinski definition) is 27. The Labute approximate surface area is 848 Å². The Morgan fingerprint density at radius 1 is 0.541 bits per heavy atom. The number of fused-ring (bicyclic) bond motifs is 4. The van der Waals surface area contributed by atoms with Crippen molar-refractivity contribution in [2.75, 3.05) is 76.0 Å². The molecule has 3 saturated heterocycles. The number of carboxylic acids is 1. The molecular formula is C99H135N25O21S. The largest absolute Gasteiger partial charge is 0.508 e. The molecule has 3 aliphatic heterocycles. The summed E-state index contributed by atoms with van der Waals surface area (Å²) in [5.41, 5.74) is 13.5. The summed E-state index contributed by atoms with van der Waals surface area (Å²) in [5, 5.41) is 66.4. The lowest BCUT2D eigenvalue weighted by Crippen LogP contribution is -2.61. The molecule has 0 spiro atoms. The van der Waals surface area contributed by atoms with Gasteiger partial charge in [-0.05, 0) is 105 Å². The maximum atomic E-state index is 16.3. The van der Waals surface area contributed by atoms with E-state index >= 15 is 52.7 Å². The van der Waals surface area contributed by atoms with Crippen molar-refractivity contribution in [2.45, 2.75) is 248 Å². The third-order valence-corrected chi connectivity index (χ3v) is 26.8. The van der Waals surface area contributed by atoms with E-state index in [4.69, 9.17) is 11.5 Å². The molecule has 4 aromatic heterocycles. The number of amides is 17. The molecule has 0 unspecified atom stereocenters. The van der Waals surface area contributed by atoms with Crippen LogP contribution >= 0.6 is 11.8 Å². The highest BCUT2D eigenvalue weighted by molar-refractivity contribution is 8.00. The first-order valence-corrected chi connectivity index (χ1v) is 50.1. The van der Waals surface area contributed by atoms with E-state index in [2.05, 4.69) is 88.7 Å². The number of likely N-dealkylation sites (N-methyl/N-ethyl adjacent to an activating group) is 3. The number of para-hydroxylation sites is 2. The predicted octanol–water partition coefficient (Wildman–Crippen LogP) is -0.352. The number of rotatable bonds is 30. The number of carbonyl (C=O) groups excluding carboxylic acids is 17. The Morgan fingerprint density at radius 3 is 1.75 bits per heavy atom. The van der Waals surface area contributed by atoms with Gasteiger partial charge in [0.2, 0.25) is 100 Å². The first-order chi connectivity index (χ1) is 69.6. The Balaban J connectivity index is 1.06. The highest BCUT2D eigenvalue weighted by Gasteiger charge is 2.47. The van der Waals surface area contributed by atoms with E-state index < -0.39 is 260 Å². The fourth-order valence-electron chi connectivity index (χ4n) is 17.9. The Bertz CT molecular complexity index is 5780. The van der Waals surface area contributed by atoms with E-state index in [1.54, 1.807) is 82.4 Å². The second-order valence-electron chi connectivity index (χ2n) is 37.8. The number of carbonyl (C=O) groups is 18. The van der Waals surface area contributed by atoms with Crippen molar-refractivity contribution in [3.63, 3.8) is 0 Å². The molecule has 47 heteroatoms. The van der Waals surface area contributed by atoms with Crippen LogP contribution in [0.2, 0.25) is 0 Å². The van der Waals surface area contributed by atoms with Crippen molar-refractivity contribution in [3.05, 3.63) is 139 Å². The number of carboxylic acid groups (broad SMARTS) is 1. The van der Waals surface area contributed by atoms with Crippen LogP contribution < -0.4 is 75.3 Å². The number of nitrogens with two attached hydrogens (primary N) is 2. The number of phenols is 1. The number of benzene rings is 3. The minimum Gasteiger partial charge on any atom is -0.508 e. The maximum Gasteiger partial charge on any atom is 0.323 e. The molecule has 0 bridgehead atoms. The zero-order chi connectivity index (χ0) is 106. The Kier molecular flexibility index (Phi) is 41.9. The van der Waals surface area contributed by atoms with Gasteiger partial charge in [0, 0.05) is 138 Å². The van der Waals surface area contributed by atoms with Gasteiger partial charge in [0.1, 0.15) is 109 Å². The lowest BCUT2D eigenvalue weighted by atomic mass is 9.99. The number of nitrogens with zero attached hydrogens (tertiary/aromatic N) is 10. The number of aromatic nitrogens is 6. The van der Waals surface area contributed by atoms with Crippen LogP contribution in [0.1, 0.15) is 149 Å². The molecule has 7 heterocycles. The van der Waals surface area contributed by atoms with Crippen LogP contribution in [0.15, 0.2) is 122 Å². The highest BCUT2D eigenvalue weighted by atomic mass is 32.2. The van der Waals surface area contributed by atoms with Crippen LogP contribution in [0.4, 0.5) is 11.6 Å². The summed E-state index contributed by atoms with van der Waals surface area (Å²) in [6, 6.07) is -2.58. The van der Waals surface area contributed by atoms with Crippen molar-refractivity contribution in [2.24, 2.45) is 23.3 Å². The monoisotopic (exact) mass is 2040 g/mol. The topological polar surface area (TPSA) is 653 Å². The van der Waals surface area contributed by atoms with Crippen molar-refractivity contribution in [1.82, 2.24) is 107 Å². The summed E-state index contributed by atoms with van der Waals surface area (Å²) in [7, 11) is 3.92. The van der Waals surface area contributed by atoms with E-state index in [0.29, 0.717) is 64.2 Å². The highest BCUT2D eigenvalue weighted by Crippen LogP contribution is 2.30. The quantitative estimate of drug-likeness (QED) is 0.0274. The fraction of sp³-hybridized carbons (Fsp3) is 0.515. The van der Waals surface area contributed by atoms with Gasteiger partial charge >= 0.3 is 5.97 Å². The molecule has 788 valence electrons. The van der Waals surface area contributed by atoms with E-state index in [1.807, 2.05) is 13.8 Å². The van der Waals surface area contributed by atoms with Crippen LogP contribution in [-0.2, 0) is 112 Å². The number of aromatic hydroxyl groups is 1. The van der Waals surface area contributed by atoms with Crippen LogP contribution in [0, 0.1) is 11.8 Å². The second-order valence-corrected chi connectivity index (χ2v) is 38.8. The van der Waals surface area contributed by atoms with E-state index in [1.165, 1.54) is 105 Å². The van der Waals surface area contributed by atoms with Crippen LogP contribution in [0.25, 0.3) is 21.8 Å². The summed E-state index contributed by atoms with van der Waals surface area (Å²) >= 11 is 0.782. The molecule has 17 amide bonds. The predicted molar refractivity (Wildman–Crippen MR) is 538 cm³/mol. The van der Waals surface area contributed by atoms with Crippen molar-refractivity contribution < 1.29 is 102 Å². The van der Waals surface area contributed by atoms with Crippen LogP contribution in [0.3, 0.4) is 0 Å². The van der Waals surface area contributed by atoms with Gasteiger partial charge in [-0.25, -0.2) is 9.97 Å². The number of aliphatic hydroxyl groups is 1. The van der Waals surface area contributed by atoms with E-state index in [-0.39, 0.29) is 94.2 Å². The first-order valence-electron chi connectivity index (χ1n) is 49.0.